The van der Waals surface area contributed by atoms with E-state index >= 15 is 0 Å². The summed E-state index contributed by atoms with van der Waals surface area (Å²) in [5.41, 5.74) is 3.71. The molecule has 0 aliphatic rings. The topological polar surface area (TPSA) is 130 Å². The van der Waals surface area contributed by atoms with Crippen molar-refractivity contribution in [3.63, 3.8) is 0 Å². The van der Waals surface area contributed by atoms with Crippen molar-refractivity contribution in [3.8, 4) is 23.0 Å². The summed E-state index contributed by atoms with van der Waals surface area (Å²) in [6.45, 7) is 0. The molecule has 46 heavy (non-hydrogen) atoms. The van der Waals surface area contributed by atoms with E-state index in [1.54, 1.807) is 110 Å². The lowest BCUT2D eigenvalue weighted by Crippen LogP contribution is -1.87. The highest BCUT2D eigenvalue weighted by molar-refractivity contribution is 14.1. The summed E-state index contributed by atoms with van der Waals surface area (Å²) in [7, 11) is 0. The predicted molar refractivity (Wildman–Crippen MR) is 219 cm³/mol. The van der Waals surface area contributed by atoms with Gasteiger partial charge in [0.15, 0.2) is 0 Å². The maximum atomic E-state index is 10.4. The standard InChI is InChI=1S/C34H22I4N4O4/c35-23-1-5-31(43)19(9-23)15-39-27-13-29(41-17-21-11-25(37)3-7-33(21)45)30(42-18-22-12-26(38)4-8-34(22)46)14-28(27)40-16-20-10-24(36)2-6-32(20)44/h1-18,43-46H. The van der Waals surface area contributed by atoms with Gasteiger partial charge in [-0.1, -0.05) is 0 Å². The first kappa shape index (κ1) is 34.2. The van der Waals surface area contributed by atoms with Gasteiger partial charge in [0, 0.05) is 61.4 Å². The Labute approximate surface area is 319 Å². The van der Waals surface area contributed by atoms with Crippen LogP contribution < -0.4 is 0 Å². The summed E-state index contributed by atoms with van der Waals surface area (Å²) in [5.74, 6) is 0.292. The minimum absolute atomic E-state index is 0.0731. The number of nitrogens with zero attached hydrogens (tertiary/aromatic N) is 4. The van der Waals surface area contributed by atoms with Crippen LogP contribution in [-0.4, -0.2) is 45.3 Å². The van der Waals surface area contributed by atoms with Crippen molar-refractivity contribution in [2.45, 2.75) is 0 Å². The van der Waals surface area contributed by atoms with Crippen molar-refractivity contribution in [2.24, 2.45) is 20.0 Å². The third kappa shape index (κ3) is 9.03. The molecule has 0 unspecified atom stereocenters. The molecular formula is C34H22I4N4O4. The third-order valence-corrected chi connectivity index (χ3v) is 9.08. The lowest BCUT2D eigenvalue weighted by atomic mass is 10.1. The van der Waals surface area contributed by atoms with E-state index in [1.807, 2.05) is 0 Å². The molecule has 0 radical (unpaired) electrons. The molecule has 0 atom stereocenters. The Hall–Kier alpha value is -3.10. The van der Waals surface area contributed by atoms with Gasteiger partial charge in [0.05, 0.1) is 22.7 Å². The summed E-state index contributed by atoms with van der Waals surface area (Å²) in [6, 6.07) is 24.2. The highest BCUT2D eigenvalue weighted by Gasteiger charge is 2.11. The second kappa shape index (κ2) is 15.7. The zero-order valence-corrected chi connectivity index (χ0v) is 32.1. The van der Waals surface area contributed by atoms with Gasteiger partial charge < -0.3 is 20.4 Å². The molecule has 0 aromatic heterocycles. The summed E-state index contributed by atoms with van der Waals surface area (Å²) >= 11 is 8.65. The molecule has 0 fully saturated rings. The van der Waals surface area contributed by atoms with Gasteiger partial charge in [-0.15, -0.1) is 0 Å². The molecule has 0 bridgehead atoms. The Morgan fingerprint density at radius 3 is 0.783 bits per heavy atom. The molecule has 0 aliphatic heterocycles. The molecule has 0 amide bonds. The number of phenols is 4. The van der Waals surface area contributed by atoms with Crippen LogP contribution in [0, 0.1) is 14.3 Å². The zero-order valence-electron chi connectivity index (χ0n) is 23.5. The molecule has 5 aromatic carbocycles. The van der Waals surface area contributed by atoms with Crippen LogP contribution in [0.3, 0.4) is 0 Å². The van der Waals surface area contributed by atoms with Gasteiger partial charge in [-0.05, 0) is 175 Å². The van der Waals surface area contributed by atoms with Gasteiger partial charge in [-0.25, -0.2) is 0 Å². The van der Waals surface area contributed by atoms with Crippen molar-refractivity contribution in [3.05, 3.63) is 121 Å². The maximum Gasteiger partial charge on any atom is 0.124 e. The van der Waals surface area contributed by atoms with Crippen LogP contribution in [-0.2, 0) is 0 Å². The number of rotatable bonds is 8. The Balaban J connectivity index is 1.69. The van der Waals surface area contributed by atoms with Gasteiger partial charge >= 0.3 is 0 Å². The minimum atomic E-state index is 0.0731. The number of aromatic hydroxyl groups is 4. The van der Waals surface area contributed by atoms with Crippen LogP contribution in [0.2, 0.25) is 0 Å². The van der Waals surface area contributed by atoms with Crippen LogP contribution >= 0.6 is 90.4 Å². The van der Waals surface area contributed by atoms with E-state index in [4.69, 9.17) is 0 Å². The molecule has 5 rings (SSSR count). The van der Waals surface area contributed by atoms with Gasteiger partial charge in [0.2, 0.25) is 0 Å². The zero-order chi connectivity index (χ0) is 32.8. The summed E-state index contributed by atoms with van der Waals surface area (Å²) < 4.78 is 3.71. The first-order valence-corrected chi connectivity index (χ1v) is 17.7. The fraction of sp³-hybridized carbons (Fsp3) is 0. The van der Waals surface area contributed by atoms with Crippen molar-refractivity contribution >= 4 is 138 Å². The SMILES string of the molecule is Oc1ccc(I)cc1C=Nc1cc(N=Cc2cc(I)ccc2O)c(N=Cc2cc(I)ccc2O)cc1N=Cc1cc(I)ccc1O. The van der Waals surface area contributed by atoms with E-state index in [-0.39, 0.29) is 23.0 Å². The number of phenolic OH excluding ortho intramolecular Hbond substituents is 4. The fourth-order valence-electron chi connectivity index (χ4n) is 4.04. The molecular weight excluding hydrogens is 1040 g/mol. The van der Waals surface area contributed by atoms with E-state index in [0.717, 1.165) is 14.3 Å². The molecule has 4 N–H and O–H groups in total. The van der Waals surface area contributed by atoms with Gasteiger partial charge in [0.25, 0.3) is 0 Å². The normalized spacial score (nSPS) is 11.9. The van der Waals surface area contributed by atoms with Gasteiger partial charge in [-0.3, -0.25) is 20.0 Å². The van der Waals surface area contributed by atoms with Crippen molar-refractivity contribution in [2.75, 3.05) is 0 Å². The van der Waals surface area contributed by atoms with Crippen LogP contribution in [0.5, 0.6) is 23.0 Å². The molecule has 0 heterocycles. The monoisotopic (exact) mass is 1060 g/mol. The maximum absolute atomic E-state index is 10.4. The molecule has 230 valence electrons. The van der Waals surface area contributed by atoms with Crippen molar-refractivity contribution in [1.29, 1.82) is 0 Å². The first-order valence-electron chi connectivity index (χ1n) is 13.3. The molecule has 8 nitrogen and oxygen atoms in total. The number of aliphatic imine (C=N–C) groups is 4. The Morgan fingerprint density at radius 2 is 0.565 bits per heavy atom. The van der Waals surface area contributed by atoms with Crippen LogP contribution in [0.4, 0.5) is 22.7 Å². The highest BCUT2D eigenvalue weighted by atomic mass is 127. The summed E-state index contributed by atoms with van der Waals surface area (Å²) in [4.78, 5) is 18.7. The van der Waals surface area contributed by atoms with Crippen LogP contribution in [0.25, 0.3) is 0 Å². The largest absolute Gasteiger partial charge is 0.507 e. The average Bonchev–Trinajstić information content (AvgIpc) is 3.03. The predicted octanol–water partition coefficient (Wildman–Crippen LogP) is 9.93. The smallest absolute Gasteiger partial charge is 0.124 e. The van der Waals surface area contributed by atoms with Crippen LogP contribution in [0.1, 0.15) is 22.3 Å². The molecule has 0 spiro atoms. The minimum Gasteiger partial charge on any atom is -0.507 e. The van der Waals surface area contributed by atoms with Crippen LogP contribution in [0.15, 0.2) is 105 Å². The molecule has 5 aromatic rings. The van der Waals surface area contributed by atoms with E-state index in [0.29, 0.717) is 45.0 Å². The third-order valence-electron chi connectivity index (χ3n) is 6.40. The summed E-state index contributed by atoms with van der Waals surface area (Å²) in [6.07, 6.45) is 6.17. The molecule has 0 saturated heterocycles. The quantitative estimate of drug-likeness (QED) is 0.0911. The second-order valence-corrected chi connectivity index (χ2v) is 14.7. The Bertz CT molecular complexity index is 1770. The highest BCUT2D eigenvalue weighted by Crippen LogP contribution is 2.41. The number of hydrogen-bond acceptors (Lipinski definition) is 8. The Kier molecular flexibility index (Phi) is 11.7. The van der Waals surface area contributed by atoms with Crippen molar-refractivity contribution in [1.82, 2.24) is 0 Å². The molecule has 12 heteroatoms. The second-order valence-electron chi connectivity index (χ2n) is 9.67. The first-order chi connectivity index (χ1) is 22.0. The number of benzene rings is 5. The van der Waals surface area contributed by atoms with E-state index < -0.39 is 0 Å². The lowest BCUT2D eigenvalue weighted by molar-refractivity contribution is 0.474. The van der Waals surface area contributed by atoms with Gasteiger partial charge in [0.1, 0.15) is 23.0 Å². The Morgan fingerprint density at radius 1 is 0.348 bits per heavy atom. The fourth-order valence-corrected chi connectivity index (χ4v) is 6.10. The molecule has 0 aliphatic carbocycles. The van der Waals surface area contributed by atoms with E-state index in [1.165, 1.54) is 0 Å². The summed E-state index contributed by atoms with van der Waals surface area (Å²) in [5, 5.41) is 41.7. The average molecular weight is 1060 g/mol. The van der Waals surface area contributed by atoms with E-state index in [2.05, 4.69) is 110 Å². The van der Waals surface area contributed by atoms with Gasteiger partial charge in [-0.2, -0.15) is 0 Å². The van der Waals surface area contributed by atoms with E-state index in [9.17, 15) is 20.4 Å². The lowest BCUT2D eigenvalue weighted by Gasteiger charge is -2.08. The molecule has 0 saturated carbocycles. The number of halogens is 4. The van der Waals surface area contributed by atoms with Crippen molar-refractivity contribution < 1.29 is 20.4 Å². The number of hydrogen-bond donors (Lipinski definition) is 4.